The first kappa shape index (κ1) is 46.4. The summed E-state index contributed by atoms with van der Waals surface area (Å²) in [5, 5.41) is 39.9. The SMILES string of the molecule is CC/C=C/C=C/C=C/C=C/CCCCCC(=O)OC(COC(=O)CCCCC/C=C/CCCCCCCC)CO[C@H]1O[C@@H](CO)[C@@H](O)C(O)C1O. The Morgan fingerprint density at radius 3 is 1.80 bits per heavy atom. The van der Waals surface area contributed by atoms with Gasteiger partial charge in [-0.3, -0.25) is 9.59 Å². The summed E-state index contributed by atoms with van der Waals surface area (Å²) in [7, 11) is 0. The molecule has 0 aliphatic carbocycles. The number of aliphatic hydroxyl groups excluding tert-OH is 4. The molecule has 0 spiro atoms. The highest BCUT2D eigenvalue weighted by Gasteiger charge is 2.44. The van der Waals surface area contributed by atoms with E-state index in [9.17, 15) is 30.0 Å². The van der Waals surface area contributed by atoms with Gasteiger partial charge in [-0.15, -0.1) is 0 Å². The van der Waals surface area contributed by atoms with E-state index in [1.54, 1.807) is 0 Å². The number of unbranched alkanes of at least 4 members (excludes halogenated alkanes) is 12. The zero-order valence-electron chi connectivity index (χ0n) is 31.3. The Morgan fingerprint density at radius 2 is 1.18 bits per heavy atom. The number of ether oxygens (including phenoxy) is 4. The van der Waals surface area contributed by atoms with Gasteiger partial charge in [0.15, 0.2) is 12.4 Å². The average molecular weight is 721 g/mol. The largest absolute Gasteiger partial charge is 0.462 e. The molecule has 51 heavy (non-hydrogen) atoms. The topological polar surface area (TPSA) is 152 Å². The predicted octanol–water partition coefficient (Wildman–Crippen LogP) is 7.10. The molecule has 1 heterocycles. The van der Waals surface area contributed by atoms with Crippen LogP contribution in [-0.4, -0.2) is 89.0 Å². The number of allylic oxidation sites excluding steroid dienone is 10. The van der Waals surface area contributed by atoms with E-state index >= 15 is 0 Å². The van der Waals surface area contributed by atoms with Gasteiger partial charge < -0.3 is 39.4 Å². The second-order valence-electron chi connectivity index (χ2n) is 13.1. The van der Waals surface area contributed by atoms with Crippen molar-refractivity contribution in [2.75, 3.05) is 19.8 Å². The fourth-order valence-corrected chi connectivity index (χ4v) is 5.37. The van der Waals surface area contributed by atoms with E-state index in [0.717, 1.165) is 51.4 Å². The van der Waals surface area contributed by atoms with E-state index in [0.29, 0.717) is 12.8 Å². The minimum absolute atomic E-state index is 0.178. The highest BCUT2D eigenvalue weighted by molar-refractivity contribution is 5.70. The van der Waals surface area contributed by atoms with Crippen LogP contribution in [0.5, 0.6) is 0 Å². The molecular weight excluding hydrogens is 652 g/mol. The Morgan fingerprint density at radius 1 is 0.627 bits per heavy atom. The number of hydrogen-bond acceptors (Lipinski definition) is 10. The monoisotopic (exact) mass is 720 g/mol. The molecule has 1 saturated heterocycles. The molecule has 10 nitrogen and oxygen atoms in total. The van der Waals surface area contributed by atoms with Crippen molar-refractivity contribution >= 4 is 11.9 Å². The molecule has 0 bridgehead atoms. The van der Waals surface area contributed by atoms with Gasteiger partial charge in [0.25, 0.3) is 0 Å². The normalized spacial score (nSPS) is 21.9. The first-order valence-corrected chi connectivity index (χ1v) is 19.4. The summed E-state index contributed by atoms with van der Waals surface area (Å²) >= 11 is 0. The van der Waals surface area contributed by atoms with Gasteiger partial charge in [-0.2, -0.15) is 0 Å². The third kappa shape index (κ3) is 24.3. The molecule has 0 amide bonds. The van der Waals surface area contributed by atoms with Gasteiger partial charge in [-0.05, 0) is 57.8 Å². The molecule has 0 aromatic heterocycles. The summed E-state index contributed by atoms with van der Waals surface area (Å²) in [6.07, 6.45) is 29.5. The third-order valence-electron chi connectivity index (χ3n) is 8.48. The van der Waals surface area contributed by atoms with Crippen LogP contribution in [0.3, 0.4) is 0 Å². The third-order valence-corrected chi connectivity index (χ3v) is 8.48. The number of carbonyl (C=O) groups is 2. The summed E-state index contributed by atoms with van der Waals surface area (Å²) in [4.78, 5) is 25.1. The van der Waals surface area contributed by atoms with Crippen LogP contribution >= 0.6 is 0 Å². The van der Waals surface area contributed by atoms with Crippen LogP contribution in [-0.2, 0) is 28.5 Å². The van der Waals surface area contributed by atoms with Gasteiger partial charge in [-0.1, -0.05) is 120 Å². The lowest BCUT2D eigenvalue weighted by atomic mass is 9.99. The van der Waals surface area contributed by atoms with Crippen molar-refractivity contribution in [2.24, 2.45) is 0 Å². The lowest BCUT2D eigenvalue weighted by Crippen LogP contribution is -2.59. The highest BCUT2D eigenvalue weighted by Crippen LogP contribution is 2.22. The van der Waals surface area contributed by atoms with E-state index in [1.807, 2.05) is 36.5 Å². The van der Waals surface area contributed by atoms with Gasteiger partial charge in [0, 0.05) is 12.8 Å². The second kappa shape index (κ2) is 32.1. The molecule has 1 rings (SSSR count). The molecule has 0 aromatic carbocycles. The quantitative estimate of drug-likeness (QED) is 0.0262. The number of aliphatic hydroxyl groups is 4. The smallest absolute Gasteiger partial charge is 0.306 e. The highest BCUT2D eigenvalue weighted by atomic mass is 16.7. The second-order valence-corrected chi connectivity index (χ2v) is 13.1. The molecular formula is C41H68O10. The minimum Gasteiger partial charge on any atom is -0.462 e. The van der Waals surface area contributed by atoms with Crippen LogP contribution in [0.25, 0.3) is 0 Å². The van der Waals surface area contributed by atoms with Crippen molar-refractivity contribution in [3.8, 4) is 0 Å². The van der Waals surface area contributed by atoms with Gasteiger partial charge in [0.05, 0.1) is 13.2 Å². The molecule has 4 N–H and O–H groups in total. The molecule has 6 atom stereocenters. The van der Waals surface area contributed by atoms with Crippen molar-refractivity contribution in [1.29, 1.82) is 0 Å². The van der Waals surface area contributed by atoms with Crippen LogP contribution in [0.4, 0.5) is 0 Å². The summed E-state index contributed by atoms with van der Waals surface area (Å²) in [6, 6.07) is 0. The minimum atomic E-state index is -1.61. The Bertz CT molecular complexity index is 1020. The summed E-state index contributed by atoms with van der Waals surface area (Å²) in [6.45, 7) is 3.18. The molecule has 3 unspecified atom stereocenters. The summed E-state index contributed by atoms with van der Waals surface area (Å²) < 4.78 is 22.0. The number of carbonyl (C=O) groups excluding carboxylic acids is 2. The Hall–Kier alpha value is -2.60. The van der Waals surface area contributed by atoms with Crippen molar-refractivity contribution < 1.29 is 49.0 Å². The van der Waals surface area contributed by atoms with E-state index < -0.39 is 55.4 Å². The van der Waals surface area contributed by atoms with E-state index in [-0.39, 0.29) is 26.1 Å². The first-order valence-electron chi connectivity index (χ1n) is 19.4. The molecule has 1 aliphatic rings. The number of esters is 2. The van der Waals surface area contributed by atoms with Crippen LogP contribution in [0.2, 0.25) is 0 Å². The van der Waals surface area contributed by atoms with E-state index in [2.05, 4.69) is 38.2 Å². The van der Waals surface area contributed by atoms with Crippen molar-refractivity contribution in [1.82, 2.24) is 0 Å². The Kier molecular flexibility index (Phi) is 29.2. The maximum Gasteiger partial charge on any atom is 0.306 e. The molecule has 10 heteroatoms. The molecule has 292 valence electrons. The maximum atomic E-state index is 12.7. The average Bonchev–Trinajstić information content (AvgIpc) is 3.13. The van der Waals surface area contributed by atoms with Crippen LogP contribution in [0.15, 0.2) is 60.8 Å². The predicted molar refractivity (Wildman–Crippen MR) is 201 cm³/mol. The fraction of sp³-hybridized carbons (Fsp3) is 0.707. The molecule has 0 saturated carbocycles. The zero-order valence-corrected chi connectivity index (χ0v) is 31.3. The number of hydrogen-bond donors (Lipinski definition) is 4. The molecule has 0 radical (unpaired) electrons. The Labute approximate surface area is 307 Å². The number of rotatable bonds is 30. The lowest BCUT2D eigenvalue weighted by molar-refractivity contribution is -0.305. The van der Waals surface area contributed by atoms with Crippen molar-refractivity contribution in [3.63, 3.8) is 0 Å². The summed E-state index contributed by atoms with van der Waals surface area (Å²) in [5.41, 5.74) is 0. The standard InChI is InChI=1S/C41H68O10/c1-3-5-7-9-11-13-15-17-19-21-23-25-27-29-36(43)48-32-34(33-49-41-40(47)39(46)38(45)35(31-42)51-41)50-37(44)30-28-26-24-22-20-18-16-14-12-10-8-6-4-2/h6,8,10,12,14,16-20,34-35,38-42,45-47H,3-5,7,9,11,13,15,21-33H2,1-2H3/b8-6+,12-10+,16-14+,19-17+,20-18+/t34?,35-,38+,39?,40?,41-/m0/s1. The zero-order chi connectivity index (χ0) is 37.4. The van der Waals surface area contributed by atoms with Crippen LogP contribution < -0.4 is 0 Å². The lowest BCUT2D eigenvalue weighted by Gasteiger charge is -2.39. The van der Waals surface area contributed by atoms with Gasteiger partial charge >= 0.3 is 11.9 Å². The molecule has 1 fully saturated rings. The van der Waals surface area contributed by atoms with E-state index in [1.165, 1.54) is 38.5 Å². The van der Waals surface area contributed by atoms with Crippen molar-refractivity contribution in [3.05, 3.63) is 60.8 Å². The Balaban J connectivity index is 2.45. The maximum absolute atomic E-state index is 12.7. The van der Waals surface area contributed by atoms with E-state index in [4.69, 9.17) is 18.9 Å². The van der Waals surface area contributed by atoms with Gasteiger partial charge in [-0.25, -0.2) is 0 Å². The molecule has 0 aromatic rings. The first-order chi connectivity index (χ1) is 24.8. The molecule has 1 aliphatic heterocycles. The van der Waals surface area contributed by atoms with Crippen molar-refractivity contribution in [2.45, 2.75) is 166 Å². The van der Waals surface area contributed by atoms with Crippen LogP contribution in [0, 0.1) is 0 Å². The van der Waals surface area contributed by atoms with Crippen LogP contribution in [0.1, 0.15) is 129 Å². The summed E-state index contributed by atoms with van der Waals surface area (Å²) in [5.74, 6) is -0.879. The van der Waals surface area contributed by atoms with Gasteiger partial charge in [0.2, 0.25) is 0 Å². The van der Waals surface area contributed by atoms with Gasteiger partial charge in [0.1, 0.15) is 31.0 Å². The fourth-order valence-electron chi connectivity index (χ4n) is 5.37.